The number of aliphatic hydroxyl groups is 5. The number of nitrogens with one attached hydrogen (secondary N) is 1. The van der Waals surface area contributed by atoms with Crippen molar-refractivity contribution in [1.29, 1.82) is 0 Å². The molecule has 2 saturated heterocycles. The molecule has 0 saturated carbocycles. The van der Waals surface area contributed by atoms with Crippen molar-refractivity contribution in [3.05, 3.63) is 54.2 Å². The zero-order valence-electron chi connectivity index (χ0n) is 20.5. The molecule has 2 fully saturated rings. The zero-order chi connectivity index (χ0) is 26.7. The van der Waals surface area contributed by atoms with E-state index in [2.05, 4.69) is 4.98 Å². The third kappa shape index (κ3) is 3.72. The second-order valence-corrected chi connectivity index (χ2v) is 10.1. The van der Waals surface area contributed by atoms with E-state index >= 15 is 0 Å². The van der Waals surface area contributed by atoms with Gasteiger partial charge in [0.2, 0.25) is 5.79 Å². The Kier molecular flexibility index (Phi) is 6.15. The van der Waals surface area contributed by atoms with Crippen LogP contribution in [0, 0.1) is 0 Å². The van der Waals surface area contributed by atoms with E-state index in [1.165, 1.54) is 0 Å². The summed E-state index contributed by atoms with van der Waals surface area (Å²) in [5, 5.41) is 55.8. The number of fused-ring (bicyclic) bond motifs is 5. The molecule has 2 aliphatic rings. The minimum Gasteiger partial charge on any atom is -0.422 e. The maximum atomic E-state index is 13.6. The molecule has 0 aliphatic carbocycles. The lowest BCUT2D eigenvalue weighted by molar-refractivity contribution is -0.294. The lowest BCUT2D eigenvalue weighted by atomic mass is 9.80. The lowest BCUT2D eigenvalue weighted by Crippen LogP contribution is -2.62. The van der Waals surface area contributed by atoms with Gasteiger partial charge in [-0.15, -0.1) is 0 Å². The summed E-state index contributed by atoms with van der Waals surface area (Å²) in [5.41, 5.74) is -1.15. The summed E-state index contributed by atoms with van der Waals surface area (Å²) in [6.45, 7) is -1.57. The van der Waals surface area contributed by atoms with Crippen LogP contribution in [-0.4, -0.2) is 79.4 Å². The highest BCUT2D eigenvalue weighted by Crippen LogP contribution is 2.48. The van der Waals surface area contributed by atoms with E-state index in [0.717, 1.165) is 21.5 Å². The fraction of sp³-hybridized carbons (Fsp3) is 0.393. The molecular weight excluding hydrogens is 494 g/mol. The first-order valence-electron chi connectivity index (χ1n) is 12.6. The maximum absolute atomic E-state index is 13.6. The molecule has 6 N–H and O–H groups in total. The molecule has 5 atom stereocenters. The molecule has 3 heterocycles. The number of hydrogen-bond donors (Lipinski definition) is 6. The Balaban J connectivity index is 1.42. The number of carbonyl (C=O) groups excluding carboxylic acids is 1. The average Bonchev–Trinajstić information content (AvgIpc) is 3.40. The number of aromatic nitrogens is 1. The lowest BCUT2D eigenvalue weighted by Gasteiger charge is -2.43. The van der Waals surface area contributed by atoms with Gasteiger partial charge in [-0.1, -0.05) is 30.3 Å². The molecule has 1 aromatic heterocycles. The van der Waals surface area contributed by atoms with Crippen LogP contribution in [0.25, 0.3) is 32.4 Å². The molecule has 200 valence electrons. The molecule has 0 bridgehead atoms. The molecule has 0 unspecified atom stereocenters. The topological polar surface area (TPSA) is 162 Å². The number of carbonyl (C=O) groups is 1. The Morgan fingerprint density at radius 3 is 2.53 bits per heavy atom. The smallest absolute Gasteiger partial charge is 0.343 e. The number of H-pyrrole nitrogens is 1. The van der Waals surface area contributed by atoms with Gasteiger partial charge in [-0.05, 0) is 59.0 Å². The normalized spacial score (nSPS) is 29.2. The highest BCUT2D eigenvalue weighted by molar-refractivity contribution is 6.14. The first-order chi connectivity index (χ1) is 18.3. The van der Waals surface area contributed by atoms with E-state index in [-0.39, 0.29) is 37.3 Å². The van der Waals surface area contributed by atoms with E-state index in [4.69, 9.17) is 14.2 Å². The molecule has 0 radical (unpaired) electrons. The molecule has 3 aromatic carbocycles. The predicted octanol–water partition coefficient (Wildman–Crippen LogP) is 1.61. The van der Waals surface area contributed by atoms with E-state index < -0.39 is 48.9 Å². The first-order valence-corrected chi connectivity index (χ1v) is 12.6. The molecule has 4 aromatic rings. The Morgan fingerprint density at radius 1 is 1.05 bits per heavy atom. The van der Waals surface area contributed by atoms with Gasteiger partial charge < -0.3 is 44.7 Å². The Morgan fingerprint density at radius 2 is 1.82 bits per heavy atom. The van der Waals surface area contributed by atoms with Crippen LogP contribution in [0.2, 0.25) is 0 Å². The van der Waals surface area contributed by atoms with Crippen LogP contribution in [-0.2, 0) is 20.9 Å². The summed E-state index contributed by atoms with van der Waals surface area (Å²) >= 11 is 0. The van der Waals surface area contributed by atoms with E-state index in [9.17, 15) is 30.3 Å². The highest BCUT2D eigenvalue weighted by atomic mass is 16.7. The van der Waals surface area contributed by atoms with Crippen LogP contribution in [0.3, 0.4) is 0 Å². The minimum absolute atomic E-state index is 0.0180. The number of aliphatic hydroxyl groups excluding tert-OH is 3. The molecule has 38 heavy (non-hydrogen) atoms. The third-order valence-electron chi connectivity index (χ3n) is 7.86. The Hall–Kier alpha value is -3.09. The van der Waals surface area contributed by atoms with Crippen LogP contribution < -0.4 is 4.74 Å². The van der Waals surface area contributed by atoms with Gasteiger partial charge in [0.1, 0.15) is 18.3 Å². The first kappa shape index (κ1) is 25.2. The summed E-state index contributed by atoms with van der Waals surface area (Å²) in [6, 6.07) is 15.7. The van der Waals surface area contributed by atoms with Crippen molar-refractivity contribution in [3.8, 4) is 5.75 Å². The van der Waals surface area contributed by atoms with E-state index in [1.807, 2.05) is 48.5 Å². The summed E-state index contributed by atoms with van der Waals surface area (Å²) < 4.78 is 17.3. The molecular formula is C28H29NO9. The monoisotopic (exact) mass is 523 g/mol. The summed E-state index contributed by atoms with van der Waals surface area (Å²) in [7, 11) is 0. The van der Waals surface area contributed by atoms with Gasteiger partial charge in [-0.2, -0.15) is 0 Å². The van der Waals surface area contributed by atoms with Crippen LogP contribution in [0.5, 0.6) is 5.75 Å². The second kappa shape index (κ2) is 9.28. The van der Waals surface area contributed by atoms with Crippen molar-refractivity contribution in [2.75, 3.05) is 13.2 Å². The van der Waals surface area contributed by atoms with Crippen LogP contribution in [0.15, 0.2) is 48.5 Å². The summed E-state index contributed by atoms with van der Waals surface area (Å²) in [4.78, 5) is 16.7. The predicted molar refractivity (Wildman–Crippen MR) is 136 cm³/mol. The van der Waals surface area contributed by atoms with Gasteiger partial charge in [0, 0.05) is 6.61 Å². The molecule has 10 heteroatoms. The number of rotatable bonds is 6. The summed E-state index contributed by atoms with van der Waals surface area (Å²) in [6.07, 6.45) is -2.87. The van der Waals surface area contributed by atoms with Crippen LogP contribution >= 0.6 is 0 Å². The molecule has 10 nitrogen and oxygen atoms in total. The van der Waals surface area contributed by atoms with Gasteiger partial charge in [0.05, 0.1) is 29.3 Å². The number of aromatic amines is 1. The van der Waals surface area contributed by atoms with E-state index in [1.54, 1.807) is 0 Å². The molecule has 0 spiro atoms. The van der Waals surface area contributed by atoms with Gasteiger partial charge in [0.15, 0.2) is 11.9 Å². The minimum atomic E-state index is -2.45. The standard InChI is InChI=1S/C28H29NO9/c30-10-8-18-7-9-27(34)25(36-18)24(38-28(27,35)14-32)26(33)37-23-21(13-31)29-20-6-5-17-11-15-3-1-2-4-16(15)12-19(17)22(20)23/h1-6,11-12,18,24-25,29-32,34-35H,7-10,13-14H2/t18-,24+,25-,27+,28-/m0/s1. The number of esters is 1. The Bertz CT molecular complexity index is 1530. The SMILES string of the molecule is O=C(Oc1c(CO)[nH]c2ccc3cc4ccccc4cc3c12)[C@@H]1O[C@@](O)(CO)[C@@]2(O)CC[C@@H](CCO)O[C@@H]12. The fourth-order valence-electron chi connectivity index (χ4n) is 5.84. The number of benzene rings is 3. The van der Waals surface area contributed by atoms with Crippen molar-refractivity contribution in [1.82, 2.24) is 4.98 Å². The van der Waals surface area contributed by atoms with Crippen molar-refractivity contribution in [2.45, 2.75) is 55.6 Å². The third-order valence-corrected chi connectivity index (χ3v) is 7.86. The van der Waals surface area contributed by atoms with Gasteiger partial charge in [-0.3, -0.25) is 0 Å². The largest absolute Gasteiger partial charge is 0.422 e. The highest BCUT2D eigenvalue weighted by Gasteiger charge is 2.69. The quantitative estimate of drug-likeness (QED) is 0.163. The second-order valence-electron chi connectivity index (χ2n) is 10.1. The van der Waals surface area contributed by atoms with Crippen molar-refractivity contribution in [3.63, 3.8) is 0 Å². The van der Waals surface area contributed by atoms with Crippen molar-refractivity contribution < 1.29 is 44.5 Å². The van der Waals surface area contributed by atoms with Gasteiger partial charge in [-0.25, -0.2) is 4.79 Å². The number of hydrogen-bond acceptors (Lipinski definition) is 9. The number of ether oxygens (including phenoxy) is 3. The van der Waals surface area contributed by atoms with Gasteiger partial charge >= 0.3 is 5.97 Å². The van der Waals surface area contributed by atoms with Crippen molar-refractivity contribution >= 4 is 38.4 Å². The molecule has 0 amide bonds. The summed E-state index contributed by atoms with van der Waals surface area (Å²) in [5.74, 6) is -3.31. The fourth-order valence-corrected chi connectivity index (χ4v) is 5.84. The van der Waals surface area contributed by atoms with Crippen LogP contribution in [0.1, 0.15) is 25.0 Å². The van der Waals surface area contributed by atoms with Gasteiger partial charge in [0.25, 0.3) is 0 Å². The zero-order valence-corrected chi connectivity index (χ0v) is 20.5. The van der Waals surface area contributed by atoms with Crippen molar-refractivity contribution in [2.24, 2.45) is 0 Å². The molecule has 6 rings (SSSR count). The molecule has 2 aliphatic heterocycles. The maximum Gasteiger partial charge on any atom is 0.343 e. The average molecular weight is 524 g/mol. The Labute approximate surface area is 217 Å². The van der Waals surface area contributed by atoms with Crippen LogP contribution in [0.4, 0.5) is 0 Å². The van der Waals surface area contributed by atoms with E-state index in [0.29, 0.717) is 10.9 Å².